The molecule has 0 heterocycles. The molecule has 7 heteroatoms. The van der Waals surface area contributed by atoms with Crippen LogP contribution < -0.4 is 14.2 Å². The van der Waals surface area contributed by atoms with Gasteiger partial charge >= 0.3 is 16.3 Å². The van der Waals surface area contributed by atoms with Gasteiger partial charge in [0.2, 0.25) is 0 Å². The van der Waals surface area contributed by atoms with Crippen LogP contribution in [-0.4, -0.2) is 14.4 Å². The van der Waals surface area contributed by atoms with Crippen molar-refractivity contribution < 1.29 is 17.4 Å². The number of urea groups is 1. The minimum Gasteiger partial charge on any atom is -0.367 e. The third-order valence-corrected chi connectivity index (χ3v) is 4.63. The van der Waals surface area contributed by atoms with Crippen LogP contribution in [0.15, 0.2) is 48.5 Å². The maximum Gasteiger partial charge on any atom is 0.411 e. The van der Waals surface area contributed by atoms with E-state index >= 15 is 0 Å². The molecule has 0 spiro atoms. The topological polar surface area (TPSA) is 84.5 Å². The standard InChI is InChI=1S/C19H24N2O4S/c1-13(2)16-11-8-12-17(14(3)4)18(16)20-19(22)21-26(23,24)25-15-9-6-5-7-10-15/h5-14H,1-4H3,(H2,20,21,22). The zero-order valence-electron chi connectivity index (χ0n) is 15.3. The molecule has 0 saturated heterocycles. The summed E-state index contributed by atoms with van der Waals surface area (Å²) in [4.78, 5) is 12.3. The molecule has 2 N–H and O–H groups in total. The first-order chi connectivity index (χ1) is 12.2. The highest BCUT2D eigenvalue weighted by Gasteiger charge is 2.20. The number of amides is 2. The second kappa shape index (κ2) is 8.23. The Morgan fingerprint density at radius 1 is 0.885 bits per heavy atom. The minimum atomic E-state index is -4.28. The van der Waals surface area contributed by atoms with Gasteiger partial charge in [0, 0.05) is 5.69 Å². The van der Waals surface area contributed by atoms with Crippen molar-refractivity contribution in [3.8, 4) is 5.75 Å². The fraction of sp³-hybridized carbons (Fsp3) is 0.316. The molecule has 2 amide bonds. The summed E-state index contributed by atoms with van der Waals surface area (Å²) in [5, 5.41) is 2.67. The molecular formula is C19H24N2O4S. The molecular weight excluding hydrogens is 352 g/mol. The Bertz CT molecular complexity index is 836. The lowest BCUT2D eigenvalue weighted by atomic mass is 9.93. The average molecular weight is 376 g/mol. The number of hydrogen-bond donors (Lipinski definition) is 2. The summed E-state index contributed by atoms with van der Waals surface area (Å²) >= 11 is 0. The number of rotatable bonds is 6. The number of nitrogens with one attached hydrogen (secondary N) is 2. The Morgan fingerprint density at radius 2 is 1.42 bits per heavy atom. The maximum absolute atomic E-state index is 12.3. The van der Waals surface area contributed by atoms with Crippen LogP contribution in [0.3, 0.4) is 0 Å². The zero-order chi connectivity index (χ0) is 19.3. The van der Waals surface area contributed by atoms with Gasteiger partial charge in [-0.2, -0.15) is 8.42 Å². The maximum atomic E-state index is 12.3. The molecule has 0 aromatic heterocycles. The number of carbonyl (C=O) groups is 1. The summed E-state index contributed by atoms with van der Waals surface area (Å²) in [5.74, 6) is 0.459. The molecule has 2 rings (SSSR count). The SMILES string of the molecule is CC(C)c1cccc(C(C)C)c1NC(=O)NS(=O)(=O)Oc1ccccc1. The monoisotopic (exact) mass is 376 g/mol. The third-order valence-electron chi connectivity index (χ3n) is 3.78. The van der Waals surface area contributed by atoms with Gasteiger partial charge in [0.25, 0.3) is 0 Å². The van der Waals surface area contributed by atoms with Gasteiger partial charge in [-0.25, -0.2) is 9.52 Å². The molecule has 6 nitrogen and oxygen atoms in total. The average Bonchev–Trinajstić information content (AvgIpc) is 2.54. The largest absolute Gasteiger partial charge is 0.411 e. The highest BCUT2D eigenvalue weighted by molar-refractivity contribution is 7.85. The summed E-state index contributed by atoms with van der Waals surface area (Å²) in [6.07, 6.45) is 0. The van der Waals surface area contributed by atoms with E-state index in [1.807, 2.05) is 50.6 Å². The summed E-state index contributed by atoms with van der Waals surface area (Å²) in [6, 6.07) is 12.9. The summed E-state index contributed by atoms with van der Waals surface area (Å²) in [5.41, 5.74) is 2.50. The van der Waals surface area contributed by atoms with Crippen molar-refractivity contribution in [2.24, 2.45) is 0 Å². The molecule has 0 unspecified atom stereocenters. The van der Waals surface area contributed by atoms with E-state index in [0.29, 0.717) is 5.69 Å². The van der Waals surface area contributed by atoms with Crippen LogP contribution in [0.25, 0.3) is 0 Å². The zero-order valence-corrected chi connectivity index (χ0v) is 16.1. The lowest BCUT2D eigenvalue weighted by Gasteiger charge is -2.20. The van der Waals surface area contributed by atoms with Crippen LogP contribution in [-0.2, 0) is 10.3 Å². The van der Waals surface area contributed by atoms with E-state index in [-0.39, 0.29) is 17.6 Å². The first-order valence-corrected chi connectivity index (χ1v) is 9.81. The first-order valence-electron chi connectivity index (χ1n) is 8.40. The molecule has 0 aliphatic heterocycles. The van der Waals surface area contributed by atoms with Gasteiger partial charge < -0.3 is 9.50 Å². The number of anilines is 1. The summed E-state index contributed by atoms with van der Waals surface area (Å²) in [7, 11) is -4.28. The van der Waals surface area contributed by atoms with Gasteiger partial charge in [0.15, 0.2) is 0 Å². The normalized spacial score (nSPS) is 11.5. The predicted octanol–water partition coefficient (Wildman–Crippen LogP) is 4.38. The summed E-state index contributed by atoms with van der Waals surface area (Å²) in [6.45, 7) is 8.05. The van der Waals surface area contributed by atoms with Crippen LogP contribution in [0.2, 0.25) is 0 Å². The molecule has 0 bridgehead atoms. The van der Waals surface area contributed by atoms with Gasteiger partial charge in [0.1, 0.15) is 5.75 Å². The Morgan fingerprint density at radius 3 is 1.92 bits per heavy atom. The van der Waals surface area contributed by atoms with Crippen LogP contribution in [0.4, 0.5) is 10.5 Å². The molecule has 0 aliphatic rings. The van der Waals surface area contributed by atoms with E-state index in [2.05, 4.69) is 5.32 Å². The third kappa shape index (κ3) is 5.23. The molecule has 26 heavy (non-hydrogen) atoms. The van der Waals surface area contributed by atoms with Crippen molar-refractivity contribution in [2.45, 2.75) is 39.5 Å². The van der Waals surface area contributed by atoms with Crippen molar-refractivity contribution in [2.75, 3.05) is 5.32 Å². The fourth-order valence-corrected chi connectivity index (χ4v) is 3.26. The second-order valence-corrected chi connectivity index (χ2v) is 7.81. The number of para-hydroxylation sites is 2. The van der Waals surface area contributed by atoms with E-state index in [0.717, 1.165) is 11.1 Å². The fourth-order valence-electron chi connectivity index (χ4n) is 2.57. The number of carbonyl (C=O) groups excluding carboxylic acids is 1. The number of hydrogen-bond acceptors (Lipinski definition) is 4. The first kappa shape index (κ1) is 19.8. The van der Waals surface area contributed by atoms with Crippen molar-refractivity contribution in [3.05, 3.63) is 59.7 Å². The van der Waals surface area contributed by atoms with Crippen molar-refractivity contribution in [1.82, 2.24) is 4.72 Å². The molecule has 0 radical (unpaired) electrons. The number of benzene rings is 2. The Labute approximate surface area is 154 Å². The lowest BCUT2D eigenvalue weighted by Crippen LogP contribution is -2.37. The molecule has 0 fully saturated rings. The molecule has 0 saturated carbocycles. The van der Waals surface area contributed by atoms with Gasteiger partial charge in [-0.15, -0.1) is 0 Å². The van der Waals surface area contributed by atoms with E-state index in [1.165, 1.54) is 12.1 Å². The highest BCUT2D eigenvalue weighted by Crippen LogP contribution is 2.32. The quantitative estimate of drug-likeness (QED) is 0.783. The van der Waals surface area contributed by atoms with Gasteiger partial charge in [-0.1, -0.05) is 64.1 Å². The second-order valence-electron chi connectivity index (χ2n) is 6.53. The van der Waals surface area contributed by atoms with Crippen LogP contribution in [0, 0.1) is 0 Å². The van der Waals surface area contributed by atoms with Crippen molar-refractivity contribution in [3.63, 3.8) is 0 Å². The predicted molar refractivity (Wildman–Crippen MR) is 103 cm³/mol. The van der Waals surface area contributed by atoms with Crippen molar-refractivity contribution >= 4 is 22.0 Å². The smallest absolute Gasteiger partial charge is 0.367 e. The molecule has 0 aliphatic carbocycles. The van der Waals surface area contributed by atoms with Crippen LogP contribution in [0.1, 0.15) is 50.7 Å². The van der Waals surface area contributed by atoms with E-state index in [9.17, 15) is 13.2 Å². The Balaban J connectivity index is 2.19. The Kier molecular flexibility index (Phi) is 6.26. The van der Waals surface area contributed by atoms with Gasteiger partial charge in [-0.3, -0.25) is 0 Å². The van der Waals surface area contributed by atoms with E-state index in [4.69, 9.17) is 4.18 Å². The Hall–Kier alpha value is -2.54. The molecule has 140 valence electrons. The van der Waals surface area contributed by atoms with Gasteiger partial charge in [0.05, 0.1) is 0 Å². The highest BCUT2D eigenvalue weighted by atomic mass is 32.2. The van der Waals surface area contributed by atoms with Crippen LogP contribution in [0.5, 0.6) is 5.75 Å². The van der Waals surface area contributed by atoms with Gasteiger partial charge in [-0.05, 0) is 35.1 Å². The molecule has 2 aromatic carbocycles. The van der Waals surface area contributed by atoms with Crippen LogP contribution >= 0.6 is 0 Å². The minimum absolute atomic E-state index is 0.123. The van der Waals surface area contributed by atoms with E-state index < -0.39 is 16.3 Å². The van der Waals surface area contributed by atoms with Crippen molar-refractivity contribution in [1.29, 1.82) is 0 Å². The lowest BCUT2D eigenvalue weighted by molar-refractivity contribution is 0.256. The molecule has 2 aromatic rings. The van der Waals surface area contributed by atoms with E-state index in [1.54, 1.807) is 18.2 Å². The summed E-state index contributed by atoms with van der Waals surface area (Å²) < 4.78 is 30.8. The molecule has 0 atom stereocenters.